The van der Waals surface area contributed by atoms with Gasteiger partial charge in [-0.15, -0.1) is 0 Å². The summed E-state index contributed by atoms with van der Waals surface area (Å²) in [7, 11) is 3.81. The topological polar surface area (TPSA) is 47.7 Å². The van der Waals surface area contributed by atoms with Crippen molar-refractivity contribution in [1.29, 1.82) is 0 Å². The minimum absolute atomic E-state index is 0.00361. The highest BCUT2D eigenvalue weighted by molar-refractivity contribution is 6.31. The first-order valence-corrected chi connectivity index (χ1v) is 6.31. The van der Waals surface area contributed by atoms with Gasteiger partial charge < -0.3 is 5.32 Å². The van der Waals surface area contributed by atoms with Crippen LogP contribution in [-0.2, 0) is 7.05 Å². The van der Waals surface area contributed by atoms with Crippen molar-refractivity contribution in [3.05, 3.63) is 34.9 Å². The normalized spacial score (nSPS) is 13.2. The highest BCUT2D eigenvalue weighted by atomic mass is 35.5. The lowest BCUT2D eigenvalue weighted by atomic mass is 10.1. The van der Waals surface area contributed by atoms with Crippen molar-refractivity contribution in [3.8, 4) is 0 Å². The monoisotopic (exact) mass is 267 g/mol. The highest BCUT2D eigenvalue weighted by Gasteiger charge is 2.22. The fourth-order valence-electron chi connectivity index (χ4n) is 2.08. The Hall–Kier alpha value is -1.33. The van der Waals surface area contributed by atoms with Gasteiger partial charge in [-0.2, -0.15) is 10.2 Å². The minimum Gasteiger partial charge on any atom is -0.308 e. The smallest absolute Gasteiger partial charge is 0.0837 e. The first kappa shape index (κ1) is 13.1. The molecule has 0 bridgehead atoms. The van der Waals surface area contributed by atoms with E-state index in [0.29, 0.717) is 5.02 Å². The molecule has 0 aliphatic heterocycles. The zero-order valence-electron chi connectivity index (χ0n) is 11.1. The van der Waals surface area contributed by atoms with Crippen LogP contribution >= 0.6 is 11.6 Å². The highest BCUT2D eigenvalue weighted by Crippen LogP contribution is 2.29. The van der Waals surface area contributed by atoms with E-state index in [2.05, 4.69) is 29.4 Å². The van der Waals surface area contributed by atoms with E-state index in [-0.39, 0.29) is 12.1 Å². The second kappa shape index (κ2) is 5.12. The quantitative estimate of drug-likeness (QED) is 0.924. The lowest BCUT2D eigenvalue weighted by Crippen LogP contribution is -2.22. The van der Waals surface area contributed by atoms with Crippen LogP contribution in [0.3, 0.4) is 0 Å². The molecule has 2 rings (SSSR count). The number of nitrogens with one attached hydrogen (secondary N) is 1. The summed E-state index contributed by atoms with van der Waals surface area (Å²) in [5.41, 5.74) is 2.05. The second-order valence-corrected chi connectivity index (χ2v) is 4.99. The number of halogens is 1. The molecule has 0 aliphatic carbocycles. The van der Waals surface area contributed by atoms with E-state index in [1.165, 1.54) is 0 Å². The SMILES string of the molecule is CNC(c1cnn(C)c1)c1c(Cl)cnn1C(C)C. The van der Waals surface area contributed by atoms with Crippen molar-refractivity contribution in [3.63, 3.8) is 0 Å². The van der Waals surface area contributed by atoms with Crippen molar-refractivity contribution in [2.24, 2.45) is 7.05 Å². The molecule has 2 heterocycles. The summed E-state index contributed by atoms with van der Waals surface area (Å²) in [6, 6.07) is 0.260. The molecule has 6 heteroatoms. The first-order chi connectivity index (χ1) is 8.54. The van der Waals surface area contributed by atoms with Crippen LogP contribution in [0.4, 0.5) is 0 Å². The van der Waals surface area contributed by atoms with E-state index in [9.17, 15) is 0 Å². The number of aromatic nitrogens is 4. The summed E-state index contributed by atoms with van der Waals surface area (Å²) in [6.45, 7) is 4.17. The number of aryl methyl sites for hydroxylation is 1. The minimum atomic E-state index is -0.00361. The van der Waals surface area contributed by atoms with Crippen LogP contribution < -0.4 is 5.32 Å². The Labute approximate surface area is 112 Å². The standard InChI is InChI=1S/C12H18ClN5/c1-8(2)18-12(10(13)6-16-18)11(14-3)9-5-15-17(4)7-9/h5-8,11,14H,1-4H3. The molecule has 98 valence electrons. The molecule has 5 nitrogen and oxygen atoms in total. The molecule has 18 heavy (non-hydrogen) atoms. The zero-order chi connectivity index (χ0) is 13.3. The van der Waals surface area contributed by atoms with Gasteiger partial charge in [0.15, 0.2) is 0 Å². The third-order valence-electron chi connectivity index (χ3n) is 2.90. The molecule has 2 aromatic rings. The van der Waals surface area contributed by atoms with E-state index < -0.39 is 0 Å². The Balaban J connectivity index is 2.47. The maximum Gasteiger partial charge on any atom is 0.0837 e. The Morgan fingerprint density at radius 3 is 2.50 bits per heavy atom. The summed E-state index contributed by atoms with van der Waals surface area (Å²) >= 11 is 6.27. The molecular formula is C12H18ClN5. The van der Waals surface area contributed by atoms with E-state index in [4.69, 9.17) is 11.6 Å². The summed E-state index contributed by atoms with van der Waals surface area (Å²) in [5.74, 6) is 0. The predicted octanol–water partition coefficient (Wildman–Crippen LogP) is 2.16. The Kier molecular flexibility index (Phi) is 3.73. The molecule has 1 N–H and O–H groups in total. The molecule has 1 unspecified atom stereocenters. The van der Waals surface area contributed by atoms with Gasteiger partial charge >= 0.3 is 0 Å². The van der Waals surface area contributed by atoms with E-state index in [1.807, 2.05) is 31.2 Å². The molecule has 0 saturated carbocycles. The van der Waals surface area contributed by atoms with Gasteiger partial charge in [0.2, 0.25) is 0 Å². The van der Waals surface area contributed by atoms with Gasteiger partial charge in [0, 0.05) is 24.8 Å². The van der Waals surface area contributed by atoms with Gasteiger partial charge in [-0.3, -0.25) is 9.36 Å². The first-order valence-electron chi connectivity index (χ1n) is 5.93. The number of hydrogen-bond donors (Lipinski definition) is 1. The molecule has 0 aromatic carbocycles. The molecule has 0 fully saturated rings. The second-order valence-electron chi connectivity index (χ2n) is 4.59. The average Bonchev–Trinajstić information content (AvgIpc) is 2.88. The average molecular weight is 268 g/mol. The molecule has 1 atom stereocenters. The van der Waals surface area contributed by atoms with Gasteiger partial charge in [0.25, 0.3) is 0 Å². The number of rotatable bonds is 4. The van der Waals surface area contributed by atoms with Gasteiger partial charge in [-0.05, 0) is 20.9 Å². The van der Waals surface area contributed by atoms with E-state index in [0.717, 1.165) is 11.3 Å². The molecule has 0 amide bonds. The van der Waals surface area contributed by atoms with Crippen molar-refractivity contribution in [2.75, 3.05) is 7.05 Å². The maximum absolute atomic E-state index is 6.27. The van der Waals surface area contributed by atoms with E-state index >= 15 is 0 Å². The maximum atomic E-state index is 6.27. The summed E-state index contributed by atoms with van der Waals surface area (Å²) in [6.07, 6.45) is 5.52. The Morgan fingerprint density at radius 2 is 2.00 bits per heavy atom. The molecular weight excluding hydrogens is 250 g/mol. The summed E-state index contributed by atoms with van der Waals surface area (Å²) in [5, 5.41) is 12.5. The van der Waals surface area contributed by atoms with E-state index in [1.54, 1.807) is 10.9 Å². The fraction of sp³-hybridized carbons (Fsp3) is 0.500. The summed E-state index contributed by atoms with van der Waals surface area (Å²) < 4.78 is 3.72. The van der Waals surface area contributed by atoms with Crippen LogP contribution in [0.15, 0.2) is 18.6 Å². The molecule has 0 radical (unpaired) electrons. The van der Waals surface area contributed by atoms with Crippen LogP contribution in [0.25, 0.3) is 0 Å². The number of nitrogens with zero attached hydrogens (tertiary/aromatic N) is 4. The zero-order valence-corrected chi connectivity index (χ0v) is 11.8. The third-order valence-corrected chi connectivity index (χ3v) is 3.19. The molecule has 2 aromatic heterocycles. The van der Waals surface area contributed by atoms with Crippen LogP contribution in [0, 0.1) is 0 Å². The third kappa shape index (κ3) is 2.28. The van der Waals surface area contributed by atoms with Crippen molar-refractivity contribution in [1.82, 2.24) is 24.9 Å². The predicted molar refractivity (Wildman–Crippen MR) is 71.7 cm³/mol. The molecule has 0 aliphatic rings. The molecule has 0 saturated heterocycles. The molecule has 0 spiro atoms. The van der Waals surface area contributed by atoms with Crippen molar-refractivity contribution < 1.29 is 0 Å². The van der Waals surface area contributed by atoms with Crippen LogP contribution in [0.2, 0.25) is 5.02 Å². The largest absolute Gasteiger partial charge is 0.308 e. The van der Waals surface area contributed by atoms with Crippen molar-refractivity contribution in [2.45, 2.75) is 25.9 Å². The summed E-state index contributed by atoms with van der Waals surface area (Å²) in [4.78, 5) is 0. The number of hydrogen-bond acceptors (Lipinski definition) is 3. The van der Waals surface area contributed by atoms with Crippen LogP contribution in [0.5, 0.6) is 0 Å². The van der Waals surface area contributed by atoms with Crippen LogP contribution in [-0.4, -0.2) is 26.6 Å². The lowest BCUT2D eigenvalue weighted by molar-refractivity contribution is 0.484. The van der Waals surface area contributed by atoms with Gasteiger partial charge in [-0.25, -0.2) is 0 Å². The van der Waals surface area contributed by atoms with Gasteiger partial charge in [-0.1, -0.05) is 11.6 Å². The Bertz CT molecular complexity index is 528. The lowest BCUT2D eigenvalue weighted by Gasteiger charge is -2.19. The van der Waals surface area contributed by atoms with Gasteiger partial charge in [0.1, 0.15) is 0 Å². The fourth-order valence-corrected chi connectivity index (χ4v) is 2.32. The van der Waals surface area contributed by atoms with Crippen molar-refractivity contribution >= 4 is 11.6 Å². The Morgan fingerprint density at radius 1 is 1.28 bits per heavy atom. The van der Waals surface area contributed by atoms with Crippen LogP contribution in [0.1, 0.15) is 37.2 Å². The van der Waals surface area contributed by atoms with Gasteiger partial charge in [0.05, 0.1) is 29.2 Å².